The lowest BCUT2D eigenvalue weighted by Crippen LogP contribution is -2.13. The SMILES string of the molecule is CC1=C(C)C(=O)c2ccccc2C1. The normalized spacial score (nSPS) is 16.0. The predicted molar refractivity (Wildman–Crippen MR) is 52.9 cm³/mol. The summed E-state index contributed by atoms with van der Waals surface area (Å²) in [4.78, 5) is 11.8. The Morgan fingerprint density at radius 1 is 1.15 bits per heavy atom. The molecule has 0 amide bonds. The zero-order valence-electron chi connectivity index (χ0n) is 7.92. The predicted octanol–water partition coefficient (Wildman–Crippen LogP) is 2.76. The van der Waals surface area contributed by atoms with Crippen molar-refractivity contribution in [2.45, 2.75) is 20.3 Å². The minimum atomic E-state index is 0.194. The molecule has 0 heterocycles. The van der Waals surface area contributed by atoms with Gasteiger partial charge in [-0.3, -0.25) is 4.79 Å². The summed E-state index contributed by atoms with van der Waals surface area (Å²) in [6.45, 7) is 3.94. The van der Waals surface area contributed by atoms with Gasteiger partial charge in [0.2, 0.25) is 0 Å². The Hall–Kier alpha value is -1.37. The van der Waals surface area contributed by atoms with E-state index in [4.69, 9.17) is 0 Å². The number of ketones is 1. The summed E-state index contributed by atoms with van der Waals surface area (Å²) in [6, 6.07) is 7.85. The average molecular weight is 172 g/mol. The van der Waals surface area contributed by atoms with Crippen molar-refractivity contribution in [2.24, 2.45) is 0 Å². The topological polar surface area (TPSA) is 17.1 Å². The van der Waals surface area contributed by atoms with E-state index in [9.17, 15) is 4.79 Å². The monoisotopic (exact) mass is 172 g/mol. The van der Waals surface area contributed by atoms with E-state index >= 15 is 0 Å². The van der Waals surface area contributed by atoms with Gasteiger partial charge in [0.1, 0.15) is 0 Å². The maximum Gasteiger partial charge on any atom is 0.188 e. The van der Waals surface area contributed by atoms with Crippen LogP contribution in [-0.4, -0.2) is 5.78 Å². The molecule has 0 atom stereocenters. The molecule has 66 valence electrons. The number of Topliss-reactive ketones (excluding diaryl/α,β-unsaturated/α-hetero) is 1. The molecule has 1 aliphatic carbocycles. The Morgan fingerprint density at radius 3 is 2.62 bits per heavy atom. The van der Waals surface area contributed by atoms with Crippen LogP contribution in [0.3, 0.4) is 0 Å². The van der Waals surface area contributed by atoms with Crippen molar-refractivity contribution in [1.29, 1.82) is 0 Å². The van der Waals surface area contributed by atoms with Gasteiger partial charge in [0.25, 0.3) is 0 Å². The standard InChI is InChI=1S/C12H12O/c1-8-7-10-5-3-4-6-11(10)12(13)9(8)2/h3-6H,7H2,1-2H3. The zero-order chi connectivity index (χ0) is 9.42. The first-order valence-corrected chi connectivity index (χ1v) is 4.49. The molecule has 1 aromatic rings. The summed E-state index contributed by atoms with van der Waals surface area (Å²) < 4.78 is 0. The number of allylic oxidation sites excluding steroid dienone is 2. The molecule has 0 saturated heterocycles. The average Bonchev–Trinajstić information content (AvgIpc) is 2.15. The van der Waals surface area contributed by atoms with Crippen molar-refractivity contribution in [3.05, 3.63) is 46.5 Å². The molecular weight excluding hydrogens is 160 g/mol. The fourth-order valence-corrected chi connectivity index (χ4v) is 1.71. The van der Waals surface area contributed by atoms with Crippen molar-refractivity contribution in [3.63, 3.8) is 0 Å². The van der Waals surface area contributed by atoms with E-state index in [0.29, 0.717) is 0 Å². The largest absolute Gasteiger partial charge is 0.289 e. The van der Waals surface area contributed by atoms with Crippen LogP contribution < -0.4 is 0 Å². The molecule has 0 spiro atoms. The minimum Gasteiger partial charge on any atom is -0.289 e. The summed E-state index contributed by atoms with van der Waals surface area (Å²) in [5.74, 6) is 0.194. The Balaban J connectivity index is 2.59. The molecule has 1 nitrogen and oxygen atoms in total. The van der Waals surface area contributed by atoms with Crippen LogP contribution >= 0.6 is 0 Å². The van der Waals surface area contributed by atoms with Crippen molar-refractivity contribution in [1.82, 2.24) is 0 Å². The van der Waals surface area contributed by atoms with Gasteiger partial charge in [-0.2, -0.15) is 0 Å². The molecule has 0 fully saturated rings. The van der Waals surface area contributed by atoms with Gasteiger partial charge in [0.05, 0.1) is 0 Å². The summed E-state index contributed by atoms with van der Waals surface area (Å²) in [5.41, 5.74) is 4.16. The number of rotatable bonds is 0. The van der Waals surface area contributed by atoms with Gasteiger partial charge in [-0.15, -0.1) is 0 Å². The van der Waals surface area contributed by atoms with Crippen molar-refractivity contribution < 1.29 is 4.79 Å². The highest BCUT2D eigenvalue weighted by Gasteiger charge is 2.19. The Morgan fingerprint density at radius 2 is 1.85 bits per heavy atom. The van der Waals surface area contributed by atoms with E-state index in [1.165, 1.54) is 5.57 Å². The van der Waals surface area contributed by atoms with Crippen molar-refractivity contribution in [2.75, 3.05) is 0 Å². The van der Waals surface area contributed by atoms with Crippen molar-refractivity contribution >= 4 is 5.78 Å². The molecule has 2 rings (SSSR count). The third-order valence-electron chi connectivity index (χ3n) is 2.70. The van der Waals surface area contributed by atoms with Crippen LogP contribution in [0.5, 0.6) is 0 Å². The van der Waals surface area contributed by atoms with Gasteiger partial charge in [0.15, 0.2) is 5.78 Å². The second-order valence-corrected chi connectivity index (χ2v) is 3.57. The van der Waals surface area contributed by atoms with E-state index in [0.717, 1.165) is 23.1 Å². The number of benzene rings is 1. The van der Waals surface area contributed by atoms with E-state index < -0.39 is 0 Å². The summed E-state index contributed by atoms with van der Waals surface area (Å²) in [7, 11) is 0. The highest BCUT2D eigenvalue weighted by molar-refractivity contribution is 6.10. The van der Waals surface area contributed by atoms with Gasteiger partial charge in [-0.1, -0.05) is 29.8 Å². The molecule has 1 heteroatoms. The Labute approximate surface area is 78.1 Å². The number of fused-ring (bicyclic) bond motifs is 1. The Kier molecular flexibility index (Phi) is 1.80. The third-order valence-corrected chi connectivity index (χ3v) is 2.70. The lowest BCUT2D eigenvalue weighted by molar-refractivity contribution is 0.103. The highest BCUT2D eigenvalue weighted by atomic mass is 16.1. The molecule has 0 bridgehead atoms. The first kappa shape index (κ1) is 8.24. The number of carbonyl (C=O) groups is 1. The summed E-state index contributed by atoms with van der Waals surface area (Å²) >= 11 is 0. The molecule has 0 radical (unpaired) electrons. The number of hydrogen-bond acceptors (Lipinski definition) is 1. The molecule has 0 saturated carbocycles. The maximum atomic E-state index is 11.8. The van der Waals surface area contributed by atoms with Crippen LogP contribution in [0.15, 0.2) is 35.4 Å². The van der Waals surface area contributed by atoms with Crippen LogP contribution in [-0.2, 0) is 6.42 Å². The lowest BCUT2D eigenvalue weighted by atomic mass is 9.86. The van der Waals surface area contributed by atoms with Crippen LogP contribution in [0.4, 0.5) is 0 Å². The summed E-state index contributed by atoms with van der Waals surface area (Å²) in [6.07, 6.45) is 0.924. The van der Waals surface area contributed by atoms with Crippen molar-refractivity contribution in [3.8, 4) is 0 Å². The molecule has 1 aromatic carbocycles. The van der Waals surface area contributed by atoms with Gasteiger partial charge in [-0.05, 0) is 31.4 Å². The maximum absolute atomic E-state index is 11.8. The minimum absolute atomic E-state index is 0.194. The second kappa shape index (κ2) is 2.84. The molecule has 0 aliphatic heterocycles. The molecular formula is C12H12O. The molecule has 0 unspecified atom stereocenters. The first-order valence-electron chi connectivity index (χ1n) is 4.49. The zero-order valence-corrected chi connectivity index (χ0v) is 7.92. The van der Waals surface area contributed by atoms with Crippen LogP contribution in [0.1, 0.15) is 29.8 Å². The third kappa shape index (κ3) is 1.21. The van der Waals surface area contributed by atoms with Gasteiger partial charge in [0, 0.05) is 5.56 Å². The smallest absolute Gasteiger partial charge is 0.188 e. The molecule has 0 N–H and O–H groups in total. The fraction of sp³-hybridized carbons (Fsp3) is 0.250. The quantitative estimate of drug-likeness (QED) is 0.588. The van der Waals surface area contributed by atoms with E-state index in [1.807, 2.05) is 38.1 Å². The molecule has 13 heavy (non-hydrogen) atoms. The summed E-state index contributed by atoms with van der Waals surface area (Å²) in [5, 5.41) is 0. The molecule has 1 aliphatic rings. The second-order valence-electron chi connectivity index (χ2n) is 3.57. The van der Waals surface area contributed by atoms with Crippen LogP contribution in [0.2, 0.25) is 0 Å². The number of carbonyl (C=O) groups excluding carboxylic acids is 1. The first-order chi connectivity index (χ1) is 6.20. The molecule has 0 aromatic heterocycles. The lowest BCUT2D eigenvalue weighted by Gasteiger charge is -2.16. The van der Waals surface area contributed by atoms with Gasteiger partial charge >= 0.3 is 0 Å². The van der Waals surface area contributed by atoms with Gasteiger partial charge < -0.3 is 0 Å². The van der Waals surface area contributed by atoms with Crippen LogP contribution in [0.25, 0.3) is 0 Å². The Bertz CT molecular complexity index is 399. The van der Waals surface area contributed by atoms with E-state index in [-0.39, 0.29) is 5.78 Å². The van der Waals surface area contributed by atoms with E-state index in [2.05, 4.69) is 0 Å². The number of hydrogen-bond donors (Lipinski definition) is 0. The van der Waals surface area contributed by atoms with E-state index in [1.54, 1.807) is 0 Å². The van der Waals surface area contributed by atoms with Crippen LogP contribution in [0, 0.1) is 0 Å². The van der Waals surface area contributed by atoms with Gasteiger partial charge in [-0.25, -0.2) is 0 Å². The highest BCUT2D eigenvalue weighted by Crippen LogP contribution is 2.24. The fourth-order valence-electron chi connectivity index (χ4n) is 1.71.